The lowest BCUT2D eigenvalue weighted by Crippen LogP contribution is -2.35. The van der Waals surface area contributed by atoms with Gasteiger partial charge in [0, 0.05) is 13.1 Å². The number of nitrogens with two attached hydrogens (primary N) is 1. The molecule has 2 rings (SSSR count). The first kappa shape index (κ1) is 11.3. The van der Waals surface area contributed by atoms with Crippen molar-refractivity contribution in [2.75, 3.05) is 26.3 Å². The molecule has 17 heavy (non-hydrogen) atoms. The zero-order chi connectivity index (χ0) is 12.3. The molecule has 0 spiro atoms. The molecule has 1 amide bonds. The fourth-order valence-corrected chi connectivity index (χ4v) is 1.36. The smallest absolute Gasteiger partial charge is 0.347 e. The minimum atomic E-state index is -0.935. The number of morpholine rings is 1. The summed E-state index contributed by atoms with van der Waals surface area (Å²) in [4.78, 5) is 16.7. The van der Waals surface area contributed by atoms with Crippen LogP contribution >= 0.6 is 0 Å². The van der Waals surface area contributed by atoms with Crippen molar-refractivity contribution < 1.29 is 19.1 Å². The first-order chi connectivity index (χ1) is 8.18. The Kier molecular flexibility index (Phi) is 3.19. The number of rotatable bonds is 3. The van der Waals surface area contributed by atoms with Crippen LogP contribution in [-0.2, 0) is 4.74 Å². The second-order valence-electron chi connectivity index (χ2n) is 3.36. The van der Waals surface area contributed by atoms with Gasteiger partial charge in [0.2, 0.25) is 0 Å². The normalized spacial score (nSPS) is 16.6. The summed E-state index contributed by atoms with van der Waals surface area (Å²) < 4.78 is 9.40. The molecule has 0 aliphatic carbocycles. The number of aliphatic imine (C=N–C) groups is 1. The highest BCUT2D eigenvalue weighted by Gasteiger charge is 2.24. The van der Waals surface area contributed by atoms with E-state index in [-0.39, 0.29) is 10.7 Å². The average molecular weight is 241 g/mol. The molecule has 1 saturated heterocycles. The van der Waals surface area contributed by atoms with Crippen LogP contribution in [0.4, 0.5) is 5.82 Å². The van der Waals surface area contributed by atoms with Crippen molar-refractivity contribution in [1.29, 1.82) is 0 Å². The second kappa shape index (κ2) is 4.78. The van der Waals surface area contributed by atoms with Gasteiger partial charge in [-0.05, 0) is 4.90 Å². The number of carbonyl (C=O) groups is 1. The van der Waals surface area contributed by atoms with E-state index in [9.17, 15) is 10.0 Å². The van der Waals surface area contributed by atoms with Gasteiger partial charge in [-0.2, -0.15) is 4.99 Å². The van der Waals surface area contributed by atoms with Gasteiger partial charge >= 0.3 is 11.5 Å². The minimum Gasteiger partial charge on any atom is -0.378 e. The van der Waals surface area contributed by atoms with Gasteiger partial charge < -0.3 is 20.6 Å². The molecule has 2 heterocycles. The number of hydrogen-bond donors (Lipinski definition) is 1. The third kappa shape index (κ3) is 2.50. The Labute approximate surface area is 96.0 Å². The Morgan fingerprint density at radius 3 is 2.94 bits per heavy atom. The van der Waals surface area contributed by atoms with E-state index in [0.717, 1.165) is 0 Å². The summed E-state index contributed by atoms with van der Waals surface area (Å²) in [6.07, 6.45) is 1.48. The molecule has 0 bridgehead atoms. The number of nitrogens with zero attached hydrogens (tertiary/aromatic N) is 4. The molecule has 0 aromatic carbocycles. The van der Waals surface area contributed by atoms with E-state index < -0.39 is 11.6 Å². The van der Waals surface area contributed by atoms with E-state index in [0.29, 0.717) is 26.3 Å². The lowest BCUT2D eigenvalue weighted by Gasteiger charge is -2.23. The molecular formula is C8H11N5O4. The molecule has 0 saturated carbocycles. The Morgan fingerprint density at radius 1 is 1.59 bits per heavy atom. The third-order valence-electron chi connectivity index (χ3n) is 2.22. The van der Waals surface area contributed by atoms with Crippen molar-refractivity contribution in [3.8, 4) is 0 Å². The topological polar surface area (TPSA) is 121 Å². The van der Waals surface area contributed by atoms with Crippen molar-refractivity contribution in [1.82, 2.24) is 10.1 Å². The molecular weight excluding hydrogens is 230 g/mol. The molecule has 1 fully saturated rings. The number of amides is 1. The molecule has 9 nitrogen and oxygen atoms in total. The summed E-state index contributed by atoms with van der Waals surface area (Å²) in [6.45, 7) is 2.58. The zero-order valence-electron chi connectivity index (χ0n) is 8.90. The fraction of sp³-hybridized carbons (Fsp3) is 0.500. The van der Waals surface area contributed by atoms with Crippen molar-refractivity contribution in [2.24, 2.45) is 10.7 Å². The SMILES string of the molecule is NC(=O)c1c(N=CN2CCOCC2)no[n+]1[O-]. The predicted molar refractivity (Wildman–Crippen MR) is 54.5 cm³/mol. The van der Waals surface area contributed by atoms with Crippen LogP contribution in [0.5, 0.6) is 0 Å². The molecule has 9 heteroatoms. The number of primary amides is 1. The van der Waals surface area contributed by atoms with E-state index in [4.69, 9.17) is 10.5 Å². The number of aromatic nitrogens is 2. The predicted octanol–water partition coefficient (Wildman–Crippen LogP) is -1.60. The zero-order valence-corrected chi connectivity index (χ0v) is 8.90. The van der Waals surface area contributed by atoms with Gasteiger partial charge in [0.15, 0.2) is 0 Å². The van der Waals surface area contributed by atoms with Gasteiger partial charge in [0.25, 0.3) is 5.91 Å². The summed E-state index contributed by atoms with van der Waals surface area (Å²) in [5.41, 5.74) is 4.59. The summed E-state index contributed by atoms with van der Waals surface area (Å²) in [7, 11) is 0. The molecule has 0 atom stereocenters. The maximum absolute atomic E-state index is 11.0. The fourth-order valence-electron chi connectivity index (χ4n) is 1.36. The number of hydrogen-bond acceptors (Lipinski definition) is 6. The van der Waals surface area contributed by atoms with Crippen LogP contribution in [-0.4, -0.2) is 48.6 Å². The van der Waals surface area contributed by atoms with Crippen LogP contribution in [0.3, 0.4) is 0 Å². The van der Waals surface area contributed by atoms with E-state index in [2.05, 4.69) is 14.8 Å². The minimum absolute atomic E-state index is 0.0612. The van der Waals surface area contributed by atoms with Crippen molar-refractivity contribution in [3.63, 3.8) is 0 Å². The van der Waals surface area contributed by atoms with Crippen molar-refractivity contribution in [2.45, 2.75) is 0 Å². The molecule has 92 valence electrons. The molecule has 2 N–H and O–H groups in total. The first-order valence-electron chi connectivity index (χ1n) is 4.94. The van der Waals surface area contributed by atoms with Crippen LogP contribution in [0.1, 0.15) is 10.5 Å². The van der Waals surface area contributed by atoms with Gasteiger partial charge in [-0.15, -0.1) is 0 Å². The molecule has 1 aromatic heterocycles. The Morgan fingerprint density at radius 2 is 2.29 bits per heavy atom. The van der Waals surface area contributed by atoms with Gasteiger partial charge in [0.1, 0.15) is 0 Å². The maximum Gasteiger partial charge on any atom is 0.347 e. The second-order valence-corrected chi connectivity index (χ2v) is 3.36. The van der Waals surface area contributed by atoms with Crippen LogP contribution in [0.25, 0.3) is 0 Å². The summed E-state index contributed by atoms with van der Waals surface area (Å²) in [6, 6.07) is 0. The largest absolute Gasteiger partial charge is 0.378 e. The monoisotopic (exact) mass is 241 g/mol. The van der Waals surface area contributed by atoms with Crippen LogP contribution in [0, 0.1) is 5.21 Å². The van der Waals surface area contributed by atoms with Gasteiger partial charge in [-0.1, -0.05) is 0 Å². The van der Waals surface area contributed by atoms with Gasteiger partial charge in [-0.25, -0.2) is 0 Å². The Hall–Kier alpha value is -2.16. The summed E-state index contributed by atoms with van der Waals surface area (Å²) in [5, 5.41) is 14.4. The van der Waals surface area contributed by atoms with E-state index >= 15 is 0 Å². The number of carbonyl (C=O) groups excluding carboxylic acids is 1. The quantitative estimate of drug-likeness (QED) is 0.386. The van der Waals surface area contributed by atoms with Crippen LogP contribution < -0.4 is 10.6 Å². The van der Waals surface area contributed by atoms with Gasteiger partial charge in [0.05, 0.1) is 24.7 Å². The lowest BCUT2D eigenvalue weighted by molar-refractivity contribution is -0.803. The molecule has 0 radical (unpaired) electrons. The molecule has 0 unspecified atom stereocenters. The van der Waals surface area contributed by atoms with E-state index in [1.54, 1.807) is 0 Å². The third-order valence-corrected chi connectivity index (χ3v) is 2.22. The van der Waals surface area contributed by atoms with Crippen LogP contribution in [0.2, 0.25) is 0 Å². The summed E-state index contributed by atoms with van der Waals surface area (Å²) in [5.74, 6) is -1.06. The van der Waals surface area contributed by atoms with Crippen LogP contribution in [0.15, 0.2) is 9.62 Å². The molecule has 1 aliphatic heterocycles. The molecule has 1 aliphatic rings. The highest BCUT2D eigenvalue weighted by atomic mass is 16.8. The first-order valence-corrected chi connectivity index (χ1v) is 4.94. The average Bonchev–Trinajstić information content (AvgIpc) is 2.69. The highest BCUT2D eigenvalue weighted by Crippen LogP contribution is 2.10. The Bertz CT molecular complexity index is 437. The summed E-state index contributed by atoms with van der Waals surface area (Å²) >= 11 is 0. The van der Waals surface area contributed by atoms with Crippen molar-refractivity contribution in [3.05, 3.63) is 10.9 Å². The molecule has 1 aromatic rings. The number of ether oxygens (including phenoxy) is 1. The standard InChI is InChI=1S/C8H11N5O4/c9-7(14)6-8(11-17-13(6)15)10-5-12-1-3-16-4-2-12/h5H,1-4H2,(H2,9,14). The van der Waals surface area contributed by atoms with E-state index in [1.165, 1.54) is 6.34 Å². The Balaban J connectivity index is 2.12. The van der Waals surface area contributed by atoms with Crippen molar-refractivity contribution >= 4 is 18.1 Å². The lowest BCUT2D eigenvalue weighted by atomic mass is 10.4. The maximum atomic E-state index is 11.0. The highest BCUT2D eigenvalue weighted by molar-refractivity contribution is 5.93. The van der Waals surface area contributed by atoms with Gasteiger partial charge in [-0.3, -0.25) is 9.42 Å². The van der Waals surface area contributed by atoms with E-state index in [1.807, 2.05) is 4.90 Å².